The fraction of sp³-hybridized carbons (Fsp3) is 0.300. The fourth-order valence-corrected chi connectivity index (χ4v) is 1.13. The van der Waals surface area contributed by atoms with Crippen molar-refractivity contribution in [1.29, 1.82) is 0 Å². The number of halogens is 1. The van der Waals surface area contributed by atoms with Gasteiger partial charge in [0.1, 0.15) is 5.82 Å². The summed E-state index contributed by atoms with van der Waals surface area (Å²) in [6.07, 6.45) is 0. The van der Waals surface area contributed by atoms with Gasteiger partial charge in [-0.15, -0.1) is 0 Å². The van der Waals surface area contributed by atoms with E-state index in [0.717, 1.165) is 16.8 Å². The molecule has 0 aromatic carbocycles. The quantitative estimate of drug-likeness (QED) is 0.623. The van der Waals surface area contributed by atoms with Gasteiger partial charge >= 0.3 is 0 Å². The molecule has 0 aliphatic heterocycles. The molecule has 2 heteroatoms. The molecule has 0 bridgehead atoms. The summed E-state index contributed by atoms with van der Waals surface area (Å²) in [4.78, 5) is 4.06. The Morgan fingerprint density at radius 1 is 1.42 bits per heavy atom. The molecule has 0 fully saturated rings. The molecule has 0 amide bonds. The van der Waals surface area contributed by atoms with Crippen LogP contribution in [0.2, 0.25) is 0 Å². The zero-order valence-corrected chi connectivity index (χ0v) is 7.61. The summed E-state index contributed by atoms with van der Waals surface area (Å²) in [7, 11) is 0. The topological polar surface area (TPSA) is 12.9 Å². The van der Waals surface area contributed by atoms with Gasteiger partial charge in [-0.05, 0) is 32.4 Å². The molecule has 0 radical (unpaired) electrons. The first-order valence-corrected chi connectivity index (χ1v) is 3.82. The molecule has 1 aromatic rings. The van der Waals surface area contributed by atoms with Crippen LogP contribution in [0, 0.1) is 19.7 Å². The third-order valence-corrected chi connectivity index (χ3v) is 1.80. The highest BCUT2D eigenvalue weighted by Crippen LogP contribution is 2.17. The van der Waals surface area contributed by atoms with Gasteiger partial charge in [-0.2, -0.15) is 0 Å². The minimum atomic E-state index is -0.265. The standard InChI is InChI=1S/C10H12FN/c1-6(2)9-5-10(11)8(4)12-7(9)3/h5H,1H2,2-4H3. The Labute approximate surface area is 72.0 Å². The normalized spacial score (nSPS) is 10.0. The van der Waals surface area contributed by atoms with Gasteiger partial charge in [-0.1, -0.05) is 6.58 Å². The molecule has 0 spiro atoms. The first-order valence-electron chi connectivity index (χ1n) is 3.82. The lowest BCUT2D eigenvalue weighted by atomic mass is 10.1. The van der Waals surface area contributed by atoms with Gasteiger partial charge in [0.25, 0.3) is 0 Å². The molecular weight excluding hydrogens is 153 g/mol. The van der Waals surface area contributed by atoms with Gasteiger partial charge in [0.05, 0.1) is 5.69 Å². The van der Waals surface area contributed by atoms with E-state index in [2.05, 4.69) is 11.6 Å². The zero-order chi connectivity index (χ0) is 9.30. The Hall–Kier alpha value is -1.18. The van der Waals surface area contributed by atoms with Crippen LogP contribution in [0.4, 0.5) is 4.39 Å². The van der Waals surface area contributed by atoms with E-state index in [0.29, 0.717) is 5.69 Å². The smallest absolute Gasteiger partial charge is 0.145 e. The number of nitrogens with zero attached hydrogens (tertiary/aromatic N) is 1. The maximum absolute atomic E-state index is 13.0. The van der Waals surface area contributed by atoms with Crippen LogP contribution in [0.1, 0.15) is 23.9 Å². The largest absolute Gasteiger partial charge is 0.255 e. The molecule has 0 unspecified atom stereocenters. The van der Waals surface area contributed by atoms with E-state index in [9.17, 15) is 4.39 Å². The molecule has 12 heavy (non-hydrogen) atoms. The van der Waals surface area contributed by atoms with E-state index in [1.54, 1.807) is 6.92 Å². The Morgan fingerprint density at radius 3 is 2.50 bits per heavy atom. The predicted molar refractivity (Wildman–Crippen MR) is 48.4 cm³/mol. The Bertz CT molecular complexity index is 329. The highest BCUT2D eigenvalue weighted by molar-refractivity contribution is 5.63. The predicted octanol–water partition coefficient (Wildman–Crippen LogP) is 2.87. The Kier molecular flexibility index (Phi) is 2.27. The van der Waals surface area contributed by atoms with E-state index in [1.807, 2.05) is 13.8 Å². The van der Waals surface area contributed by atoms with Crippen molar-refractivity contribution < 1.29 is 4.39 Å². The maximum Gasteiger partial charge on any atom is 0.145 e. The molecule has 0 saturated heterocycles. The van der Waals surface area contributed by atoms with Crippen LogP contribution < -0.4 is 0 Å². The first-order chi connectivity index (χ1) is 5.52. The van der Waals surface area contributed by atoms with Crippen molar-refractivity contribution in [2.24, 2.45) is 0 Å². The average Bonchev–Trinajstić information content (AvgIpc) is 1.96. The summed E-state index contributed by atoms with van der Waals surface area (Å²) in [5.74, 6) is -0.265. The van der Waals surface area contributed by atoms with E-state index >= 15 is 0 Å². The number of aromatic nitrogens is 1. The molecule has 0 N–H and O–H groups in total. The fourth-order valence-electron chi connectivity index (χ4n) is 1.13. The molecule has 0 saturated carbocycles. The van der Waals surface area contributed by atoms with Crippen LogP contribution in [0.5, 0.6) is 0 Å². The van der Waals surface area contributed by atoms with Crippen LogP contribution in [-0.2, 0) is 0 Å². The Balaban J connectivity index is 3.33. The summed E-state index contributed by atoms with van der Waals surface area (Å²) < 4.78 is 13.0. The van der Waals surface area contributed by atoms with Crippen LogP contribution in [0.25, 0.3) is 5.57 Å². The SMILES string of the molecule is C=C(C)c1cc(F)c(C)nc1C. The highest BCUT2D eigenvalue weighted by Gasteiger charge is 2.05. The van der Waals surface area contributed by atoms with Crippen molar-refractivity contribution in [3.8, 4) is 0 Å². The number of pyridine rings is 1. The Morgan fingerprint density at radius 2 is 2.00 bits per heavy atom. The lowest BCUT2D eigenvalue weighted by Crippen LogP contribution is -1.95. The number of hydrogen-bond donors (Lipinski definition) is 0. The van der Waals surface area contributed by atoms with Gasteiger partial charge in [0, 0.05) is 11.3 Å². The molecular formula is C10H12FN. The van der Waals surface area contributed by atoms with E-state index in [1.165, 1.54) is 6.07 Å². The van der Waals surface area contributed by atoms with Crippen molar-refractivity contribution in [2.75, 3.05) is 0 Å². The van der Waals surface area contributed by atoms with Crippen LogP contribution in [-0.4, -0.2) is 4.98 Å². The van der Waals surface area contributed by atoms with Crippen molar-refractivity contribution >= 4 is 5.57 Å². The van der Waals surface area contributed by atoms with Gasteiger partial charge in [0.15, 0.2) is 0 Å². The molecule has 1 heterocycles. The minimum absolute atomic E-state index is 0.265. The van der Waals surface area contributed by atoms with Crippen LogP contribution >= 0.6 is 0 Å². The third-order valence-electron chi connectivity index (χ3n) is 1.80. The zero-order valence-electron chi connectivity index (χ0n) is 7.61. The second kappa shape index (κ2) is 3.05. The molecule has 1 rings (SSSR count). The lowest BCUT2D eigenvalue weighted by molar-refractivity contribution is 0.607. The van der Waals surface area contributed by atoms with E-state index in [4.69, 9.17) is 0 Å². The molecule has 0 aliphatic carbocycles. The second-order valence-corrected chi connectivity index (χ2v) is 2.97. The summed E-state index contributed by atoms with van der Waals surface area (Å²) in [5, 5.41) is 0. The van der Waals surface area contributed by atoms with Gasteiger partial charge < -0.3 is 0 Å². The van der Waals surface area contributed by atoms with Crippen LogP contribution in [0.15, 0.2) is 12.6 Å². The van der Waals surface area contributed by atoms with Gasteiger partial charge in [-0.3, -0.25) is 4.98 Å². The van der Waals surface area contributed by atoms with Crippen molar-refractivity contribution in [3.63, 3.8) is 0 Å². The lowest BCUT2D eigenvalue weighted by Gasteiger charge is -2.05. The van der Waals surface area contributed by atoms with Gasteiger partial charge in [0.2, 0.25) is 0 Å². The van der Waals surface area contributed by atoms with E-state index in [-0.39, 0.29) is 5.82 Å². The molecule has 64 valence electrons. The molecule has 0 aliphatic rings. The number of allylic oxidation sites excluding steroid dienone is 1. The summed E-state index contributed by atoms with van der Waals surface area (Å²) >= 11 is 0. The highest BCUT2D eigenvalue weighted by atomic mass is 19.1. The van der Waals surface area contributed by atoms with Crippen molar-refractivity contribution in [1.82, 2.24) is 4.98 Å². The third kappa shape index (κ3) is 1.52. The number of hydrogen-bond acceptors (Lipinski definition) is 1. The molecule has 1 aromatic heterocycles. The molecule has 0 atom stereocenters. The minimum Gasteiger partial charge on any atom is -0.255 e. The monoisotopic (exact) mass is 165 g/mol. The number of rotatable bonds is 1. The second-order valence-electron chi connectivity index (χ2n) is 2.97. The summed E-state index contributed by atoms with van der Waals surface area (Å²) in [6.45, 7) is 9.11. The molecule has 1 nitrogen and oxygen atoms in total. The van der Waals surface area contributed by atoms with Crippen molar-refractivity contribution in [3.05, 3.63) is 35.4 Å². The van der Waals surface area contributed by atoms with Crippen molar-refractivity contribution in [2.45, 2.75) is 20.8 Å². The van der Waals surface area contributed by atoms with E-state index < -0.39 is 0 Å². The average molecular weight is 165 g/mol. The van der Waals surface area contributed by atoms with Gasteiger partial charge in [-0.25, -0.2) is 4.39 Å². The number of aryl methyl sites for hydroxylation is 2. The first kappa shape index (κ1) is 8.91. The summed E-state index contributed by atoms with van der Waals surface area (Å²) in [5.41, 5.74) is 2.93. The maximum atomic E-state index is 13.0. The summed E-state index contributed by atoms with van der Waals surface area (Å²) in [6, 6.07) is 1.49. The van der Waals surface area contributed by atoms with Crippen LogP contribution in [0.3, 0.4) is 0 Å².